The SMILES string of the molecule is C1=CCC2C3=CCC(N(C4=CC5=C(CC4)c4ccccc4C54C5=C(CCC=C5)c5ccccc54)C4=CCCC=C4c4ccccc4)C=C3C3(CCCCC3)C2=C1. The molecular formula is C55H51N. The van der Waals surface area contributed by atoms with Crippen LogP contribution in [-0.4, -0.2) is 10.9 Å². The maximum atomic E-state index is 2.87. The fraction of sp³-hybridized carbons (Fsp3) is 0.309. The number of rotatable bonds is 4. The van der Waals surface area contributed by atoms with Gasteiger partial charge in [0.2, 0.25) is 0 Å². The predicted molar refractivity (Wildman–Crippen MR) is 232 cm³/mol. The van der Waals surface area contributed by atoms with Crippen molar-refractivity contribution in [1.82, 2.24) is 4.90 Å². The van der Waals surface area contributed by atoms with Gasteiger partial charge in [0.05, 0.1) is 11.5 Å². The Hall–Kier alpha value is -5.14. The molecule has 0 N–H and O–H groups in total. The van der Waals surface area contributed by atoms with E-state index in [0.717, 1.165) is 51.4 Å². The van der Waals surface area contributed by atoms with E-state index in [0.29, 0.717) is 5.92 Å². The summed E-state index contributed by atoms with van der Waals surface area (Å²) in [6, 6.07) is 30.4. The number of allylic oxidation sites excluding steroid dienone is 17. The first-order chi connectivity index (χ1) is 27.8. The van der Waals surface area contributed by atoms with Crippen LogP contribution in [-0.2, 0) is 5.41 Å². The van der Waals surface area contributed by atoms with Gasteiger partial charge in [0, 0.05) is 28.3 Å². The molecule has 2 fully saturated rings. The van der Waals surface area contributed by atoms with Crippen LogP contribution in [0.2, 0.25) is 0 Å². The summed E-state index contributed by atoms with van der Waals surface area (Å²) in [5.74, 6) is 0.569. The maximum Gasteiger partial charge on any atom is 0.0719 e. The first kappa shape index (κ1) is 33.0. The Balaban J connectivity index is 1.06. The van der Waals surface area contributed by atoms with Gasteiger partial charge in [-0.05, 0) is 132 Å². The highest BCUT2D eigenvalue weighted by Crippen LogP contribution is 2.66. The molecule has 3 atom stereocenters. The third kappa shape index (κ3) is 4.49. The fourth-order valence-corrected chi connectivity index (χ4v) is 13.1. The summed E-state index contributed by atoms with van der Waals surface area (Å²) in [5.41, 5.74) is 22.8. The number of nitrogens with zero attached hydrogens (tertiary/aromatic N) is 1. The summed E-state index contributed by atoms with van der Waals surface area (Å²) < 4.78 is 0. The van der Waals surface area contributed by atoms with Gasteiger partial charge in [0.15, 0.2) is 0 Å². The van der Waals surface area contributed by atoms with Gasteiger partial charge >= 0.3 is 0 Å². The molecule has 3 aromatic rings. The van der Waals surface area contributed by atoms with Crippen LogP contribution in [0.15, 0.2) is 179 Å². The largest absolute Gasteiger partial charge is 0.338 e. The van der Waals surface area contributed by atoms with Gasteiger partial charge in [-0.2, -0.15) is 0 Å². The van der Waals surface area contributed by atoms with Crippen molar-refractivity contribution in [3.8, 4) is 0 Å². The summed E-state index contributed by atoms with van der Waals surface area (Å²) in [6.45, 7) is 0. The number of hydrogen-bond donors (Lipinski definition) is 0. The van der Waals surface area contributed by atoms with Crippen LogP contribution in [0.1, 0.15) is 111 Å². The average molecular weight is 726 g/mol. The van der Waals surface area contributed by atoms with E-state index in [-0.39, 0.29) is 16.9 Å². The molecule has 276 valence electrons. The third-order valence-electron chi connectivity index (χ3n) is 15.2. The molecule has 1 heteroatoms. The summed E-state index contributed by atoms with van der Waals surface area (Å²) >= 11 is 0. The van der Waals surface area contributed by atoms with Crippen molar-refractivity contribution in [3.05, 3.63) is 207 Å². The van der Waals surface area contributed by atoms with Crippen LogP contribution >= 0.6 is 0 Å². The Morgan fingerprint density at radius 1 is 0.643 bits per heavy atom. The van der Waals surface area contributed by atoms with Gasteiger partial charge in [-0.1, -0.05) is 158 Å². The predicted octanol–water partition coefficient (Wildman–Crippen LogP) is 13.7. The van der Waals surface area contributed by atoms with E-state index in [4.69, 9.17) is 0 Å². The molecule has 56 heavy (non-hydrogen) atoms. The van der Waals surface area contributed by atoms with Crippen LogP contribution in [0, 0.1) is 11.3 Å². The zero-order valence-electron chi connectivity index (χ0n) is 32.6. The lowest BCUT2D eigenvalue weighted by molar-refractivity contribution is 0.291. The highest BCUT2D eigenvalue weighted by molar-refractivity contribution is 5.97. The second-order valence-electron chi connectivity index (χ2n) is 17.7. The Labute approximate surface area is 333 Å². The van der Waals surface area contributed by atoms with Crippen molar-refractivity contribution in [3.63, 3.8) is 0 Å². The second kappa shape index (κ2) is 12.7. The number of hydrogen-bond acceptors (Lipinski definition) is 1. The molecule has 1 nitrogen and oxygen atoms in total. The molecule has 9 aliphatic carbocycles. The molecule has 9 aliphatic rings. The van der Waals surface area contributed by atoms with E-state index in [1.165, 1.54) is 88.0 Å². The zero-order chi connectivity index (χ0) is 36.8. The normalized spacial score (nSPS) is 27.6. The molecular weight excluding hydrogens is 675 g/mol. The highest BCUT2D eigenvalue weighted by atomic mass is 15.2. The van der Waals surface area contributed by atoms with Crippen LogP contribution in [0.3, 0.4) is 0 Å². The lowest BCUT2D eigenvalue weighted by Crippen LogP contribution is -2.37. The molecule has 3 unspecified atom stereocenters. The van der Waals surface area contributed by atoms with Gasteiger partial charge in [-0.15, -0.1) is 0 Å². The van der Waals surface area contributed by atoms with E-state index in [2.05, 4.69) is 145 Å². The van der Waals surface area contributed by atoms with Crippen LogP contribution < -0.4 is 0 Å². The quantitative estimate of drug-likeness (QED) is 0.259. The molecule has 0 radical (unpaired) electrons. The second-order valence-corrected chi connectivity index (χ2v) is 17.7. The number of benzene rings is 3. The van der Waals surface area contributed by atoms with Gasteiger partial charge in [-0.25, -0.2) is 0 Å². The molecule has 0 aliphatic heterocycles. The van der Waals surface area contributed by atoms with Gasteiger partial charge < -0.3 is 4.90 Å². The molecule has 0 amide bonds. The lowest BCUT2D eigenvalue weighted by atomic mass is 9.66. The fourth-order valence-electron chi connectivity index (χ4n) is 13.1. The minimum Gasteiger partial charge on any atom is -0.338 e. The summed E-state index contributed by atoms with van der Waals surface area (Å²) in [4.78, 5) is 2.87. The minimum atomic E-state index is -0.268. The van der Waals surface area contributed by atoms with E-state index in [9.17, 15) is 0 Å². The van der Waals surface area contributed by atoms with E-state index < -0.39 is 0 Å². The Bertz CT molecular complexity index is 2500. The molecule has 0 bridgehead atoms. The molecule has 0 aromatic heterocycles. The molecule has 2 spiro atoms. The van der Waals surface area contributed by atoms with Crippen molar-refractivity contribution in [2.75, 3.05) is 0 Å². The smallest absolute Gasteiger partial charge is 0.0719 e. The molecule has 0 heterocycles. The van der Waals surface area contributed by atoms with Crippen molar-refractivity contribution < 1.29 is 0 Å². The van der Waals surface area contributed by atoms with Crippen molar-refractivity contribution in [2.45, 2.75) is 94.9 Å². The molecule has 0 saturated heterocycles. The number of fused-ring (bicyclic) bond motifs is 13. The summed E-state index contributed by atoms with van der Waals surface area (Å²) in [5, 5.41) is 0. The third-order valence-corrected chi connectivity index (χ3v) is 15.2. The monoisotopic (exact) mass is 725 g/mol. The summed E-state index contributed by atoms with van der Waals surface area (Å²) in [7, 11) is 0. The van der Waals surface area contributed by atoms with Crippen LogP contribution in [0.25, 0.3) is 16.7 Å². The Morgan fingerprint density at radius 2 is 1.39 bits per heavy atom. The zero-order valence-corrected chi connectivity index (χ0v) is 32.6. The molecule has 12 rings (SSSR count). The van der Waals surface area contributed by atoms with Crippen LogP contribution in [0.4, 0.5) is 0 Å². The van der Waals surface area contributed by atoms with Crippen LogP contribution in [0.5, 0.6) is 0 Å². The maximum absolute atomic E-state index is 2.87. The minimum absolute atomic E-state index is 0.209. The summed E-state index contributed by atoms with van der Waals surface area (Å²) in [6.07, 6.45) is 41.1. The standard InChI is InChI=1S/C55H51N/c1-3-17-37(18-4-1)40-19-9-14-28-53(40)56(38-29-31-45-41-20-5-10-24-47(41)54(51(45)35-38)33-15-2-16-34-54)39-30-32-46-44-23-8-13-27-50(44)55(52(46)36-39)48-25-11-6-21-42(48)43-22-7-12-26-49(43)55/h1,3-6,8,10-13,17-19,21,23-28,31,35-36,38,41H,2,7,9,14-16,20,22,29-30,32-34H2. The van der Waals surface area contributed by atoms with Gasteiger partial charge in [0.25, 0.3) is 0 Å². The average Bonchev–Trinajstić information content (AvgIpc) is 3.84. The molecule has 2 saturated carbocycles. The lowest BCUT2D eigenvalue weighted by Gasteiger charge is -2.43. The van der Waals surface area contributed by atoms with E-state index >= 15 is 0 Å². The van der Waals surface area contributed by atoms with Gasteiger partial charge in [-0.3, -0.25) is 0 Å². The van der Waals surface area contributed by atoms with E-state index in [1.807, 2.05) is 0 Å². The van der Waals surface area contributed by atoms with E-state index in [1.54, 1.807) is 27.9 Å². The first-order valence-corrected chi connectivity index (χ1v) is 21.9. The molecule has 3 aromatic carbocycles. The van der Waals surface area contributed by atoms with Gasteiger partial charge in [0.1, 0.15) is 0 Å². The first-order valence-electron chi connectivity index (χ1n) is 21.9. The van der Waals surface area contributed by atoms with Crippen molar-refractivity contribution in [1.29, 1.82) is 0 Å². The Morgan fingerprint density at radius 3 is 2.21 bits per heavy atom. The highest BCUT2D eigenvalue weighted by Gasteiger charge is 2.55. The topological polar surface area (TPSA) is 3.24 Å². The van der Waals surface area contributed by atoms with Crippen molar-refractivity contribution in [2.24, 2.45) is 11.3 Å². The Kier molecular flexibility index (Phi) is 7.49. The van der Waals surface area contributed by atoms with Crippen molar-refractivity contribution >= 4 is 16.7 Å².